The monoisotopic (exact) mass is 467 g/mol. The lowest BCUT2D eigenvalue weighted by Crippen LogP contribution is -2.49. The maximum absolute atomic E-state index is 14.5. The molecule has 2 aliphatic carbocycles. The summed E-state index contributed by atoms with van der Waals surface area (Å²) in [6.45, 7) is 0.214. The summed E-state index contributed by atoms with van der Waals surface area (Å²) in [7, 11) is 0. The van der Waals surface area contributed by atoms with Gasteiger partial charge in [0, 0.05) is 53.3 Å². The van der Waals surface area contributed by atoms with Gasteiger partial charge in [-0.3, -0.25) is 9.78 Å². The molecule has 0 spiro atoms. The molecule has 2 aliphatic rings. The summed E-state index contributed by atoms with van der Waals surface area (Å²) in [6.07, 6.45) is 6.73. The molecule has 3 aromatic rings. The van der Waals surface area contributed by atoms with E-state index >= 15 is 0 Å². The third-order valence-corrected chi connectivity index (χ3v) is 6.70. The number of hydrogen-bond acceptors (Lipinski definition) is 5. The zero-order valence-corrected chi connectivity index (χ0v) is 18.4. The van der Waals surface area contributed by atoms with Crippen molar-refractivity contribution in [3.05, 3.63) is 71.8 Å². The van der Waals surface area contributed by atoms with E-state index in [2.05, 4.69) is 25.6 Å². The maximum atomic E-state index is 14.5. The zero-order valence-electron chi connectivity index (χ0n) is 18.4. The van der Waals surface area contributed by atoms with Gasteiger partial charge in [0.25, 0.3) is 5.91 Å². The van der Waals surface area contributed by atoms with Gasteiger partial charge in [-0.2, -0.15) is 0 Å². The van der Waals surface area contributed by atoms with Gasteiger partial charge in [0.05, 0.1) is 5.69 Å². The number of pyridine rings is 1. The van der Waals surface area contributed by atoms with Crippen LogP contribution >= 0.6 is 0 Å². The van der Waals surface area contributed by atoms with Crippen LogP contribution in [-0.4, -0.2) is 39.6 Å². The van der Waals surface area contributed by atoms with Crippen LogP contribution in [0.3, 0.4) is 0 Å². The first-order valence-corrected chi connectivity index (χ1v) is 11.4. The molecule has 5 rings (SSSR count). The maximum Gasteiger partial charge on any atom is 0.251 e. The quantitative estimate of drug-likeness (QED) is 0.532. The van der Waals surface area contributed by atoms with Crippen LogP contribution in [0.1, 0.15) is 48.2 Å². The van der Waals surface area contributed by atoms with Crippen LogP contribution in [-0.2, 0) is 5.41 Å². The van der Waals surface area contributed by atoms with Crippen LogP contribution in [0.5, 0.6) is 0 Å². The van der Waals surface area contributed by atoms with E-state index in [0.717, 1.165) is 19.3 Å². The summed E-state index contributed by atoms with van der Waals surface area (Å²) in [5.41, 5.74) is 0.460. The number of aromatic nitrogens is 3. The van der Waals surface area contributed by atoms with Gasteiger partial charge in [-0.25, -0.2) is 23.1 Å². The fourth-order valence-corrected chi connectivity index (χ4v) is 4.50. The van der Waals surface area contributed by atoms with Crippen molar-refractivity contribution in [1.82, 2.24) is 20.3 Å². The van der Waals surface area contributed by atoms with Gasteiger partial charge in [-0.05, 0) is 62.4 Å². The predicted molar refractivity (Wildman–Crippen MR) is 121 cm³/mol. The van der Waals surface area contributed by atoms with E-state index in [1.165, 1.54) is 48.9 Å². The predicted octanol–water partition coefficient (Wildman–Crippen LogP) is 4.58. The van der Waals surface area contributed by atoms with Crippen molar-refractivity contribution in [3.8, 4) is 11.1 Å². The van der Waals surface area contributed by atoms with Gasteiger partial charge < -0.3 is 10.6 Å². The molecule has 2 heterocycles. The molecular weight excluding hydrogens is 443 g/mol. The summed E-state index contributed by atoms with van der Waals surface area (Å²) in [4.78, 5) is 25.1. The number of halogens is 3. The summed E-state index contributed by atoms with van der Waals surface area (Å²) < 4.78 is 42.6. The highest BCUT2D eigenvalue weighted by atomic mass is 19.1. The Hall–Kier alpha value is -3.49. The van der Waals surface area contributed by atoms with Crippen LogP contribution in [0.15, 0.2) is 48.9 Å². The first-order valence-electron chi connectivity index (χ1n) is 11.4. The van der Waals surface area contributed by atoms with Gasteiger partial charge in [-0.15, -0.1) is 0 Å². The highest BCUT2D eigenvalue weighted by molar-refractivity contribution is 5.95. The summed E-state index contributed by atoms with van der Waals surface area (Å²) in [6, 6.07) is 7.20. The van der Waals surface area contributed by atoms with E-state index < -0.39 is 23.2 Å². The molecule has 2 fully saturated rings. The minimum atomic E-state index is -1.01. The van der Waals surface area contributed by atoms with Gasteiger partial charge in [0.1, 0.15) is 17.8 Å². The molecular formula is C25H24F3N5O. The molecule has 0 bridgehead atoms. The van der Waals surface area contributed by atoms with Gasteiger partial charge in [0.15, 0.2) is 0 Å². The molecule has 2 N–H and O–H groups in total. The van der Waals surface area contributed by atoms with Crippen molar-refractivity contribution in [2.24, 2.45) is 0 Å². The van der Waals surface area contributed by atoms with Crippen LogP contribution in [0.2, 0.25) is 0 Å². The Morgan fingerprint density at radius 2 is 1.82 bits per heavy atom. The Bertz CT molecular complexity index is 1190. The average Bonchev–Trinajstić information content (AvgIpc) is 2.79. The lowest BCUT2D eigenvalue weighted by atomic mass is 9.65. The van der Waals surface area contributed by atoms with Crippen molar-refractivity contribution in [2.45, 2.75) is 49.7 Å². The lowest BCUT2D eigenvalue weighted by Gasteiger charge is -2.43. The second-order valence-corrected chi connectivity index (χ2v) is 9.06. The molecule has 2 saturated carbocycles. The van der Waals surface area contributed by atoms with E-state index in [9.17, 15) is 18.0 Å². The average molecular weight is 467 g/mol. The van der Waals surface area contributed by atoms with Gasteiger partial charge >= 0.3 is 0 Å². The highest BCUT2D eigenvalue weighted by Crippen LogP contribution is 2.45. The molecule has 2 aromatic heterocycles. The third-order valence-electron chi connectivity index (χ3n) is 6.70. The van der Waals surface area contributed by atoms with E-state index in [0.29, 0.717) is 11.1 Å². The summed E-state index contributed by atoms with van der Waals surface area (Å²) >= 11 is 0. The molecule has 176 valence electrons. The first kappa shape index (κ1) is 22.3. The molecule has 1 aromatic carbocycles. The smallest absolute Gasteiger partial charge is 0.251 e. The van der Waals surface area contributed by atoms with E-state index in [4.69, 9.17) is 0 Å². The van der Waals surface area contributed by atoms with E-state index in [1.807, 2.05) is 0 Å². The molecule has 0 atom stereocenters. The second-order valence-electron chi connectivity index (χ2n) is 9.06. The number of alkyl halides is 1. The van der Waals surface area contributed by atoms with Crippen molar-refractivity contribution in [3.63, 3.8) is 0 Å². The van der Waals surface area contributed by atoms with Crippen LogP contribution < -0.4 is 10.6 Å². The molecule has 0 unspecified atom stereocenters. The summed E-state index contributed by atoms with van der Waals surface area (Å²) in [5.74, 6) is -0.938. The van der Waals surface area contributed by atoms with E-state index in [1.54, 1.807) is 0 Å². The van der Waals surface area contributed by atoms with Crippen molar-refractivity contribution in [1.29, 1.82) is 0 Å². The topological polar surface area (TPSA) is 79.8 Å². The molecule has 0 radical (unpaired) electrons. The lowest BCUT2D eigenvalue weighted by molar-refractivity contribution is 0.0916. The Morgan fingerprint density at radius 3 is 2.47 bits per heavy atom. The number of anilines is 1. The molecule has 9 heteroatoms. The normalized spacial score (nSPS) is 21.9. The number of rotatable bonds is 7. The number of nitrogens with one attached hydrogen (secondary N) is 2. The van der Waals surface area contributed by atoms with Gasteiger partial charge in [0.2, 0.25) is 5.95 Å². The molecule has 0 saturated heterocycles. The highest BCUT2D eigenvalue weighted by Gasteiger charge is 2.48. The SMILES string of the molecule is O=C(NC1CCC1)c1ccc(F)c(-c2cnc(NCC3(c4ncccc4F)CC(F)C3)nc2)c1. The molecule has 1 amide bonds. The van der Waals surface area contributed by atoms with Crippen LogP contribution in [0.4, 0.5) is 19.1 Å². The van der Waals surface area contributed by atoms with Gasteiger partial charge in [-0.1, -0.05) is 0 Å². The number of carbonyl (C=O) groups is 1. The summed E-state index contributed by atoms with van der Waals surface area (Å²) in [5, 5.41) is 5.98. The van der Waals surface area contributed by atoms with Crippen molar-refractivity contribution >= 4 is 11.9 Å². The first-order chi connectivity index (χ1) is 16.4. The zero-order chi connectivity index (χ0) is 23.7. The number of nitrogens with zero attached hydrogens (tertiary/aromatic N) is 3. The molecule has 0 aliphatic heterocycles. The molecule has 6 nitrogen and oxygen atoms in total. The number of carbonyl (C=O) groups excluding carboxylic acids is 1. The van der Waals surface area contributed by atoms with E-state index in [-0.39, 0.29) is 48.5 Å². The molecule has 34 heavy (non-hydrogen) atoms. The fraction of sp³-hybridized carbons (Fsp3) is 0.360. The third kappa shape index (κ3) is 4.34. The Kier molecular flexibility index (Phi) is 5.93. The number of amides is 1. The Balaban J connectivity index is 1.30. The second kappa shape index (κ2) is 9.04. The van der Waals surface area contributed by atoms with Crippen LogP contribution in [0, 0.1) is 11.6 Å². The van der Waals surface area contributed by atoms with Crippen LogP contribution in [0.25, 0.3) is 11.1 Å². The minimum absolute atomic E-state index is 0.160. The minimum Gasteiger partial charge on any atom is -0.353 e. The van der Waals surface area contributed by atoms with Crippen molar-refractivity contribution < 1.29 is 18.0 Å². The fourth-order valence-electron chi connectivity index (χ4n) is 4.50. The number of hydrogen-bond donors (Lipinski definition) is 2. The Labute approximate surface area is 195 Å². The largest absolute Gasteiger partial charge is 0.353 e. The number of benzene rings is 1. The standard InChI is InChI=1S/C25H24F3N5O/c26-17-10-25(11-17,22-21(28)5-2-8-29-22)14-32-24-30-12-16(13-31-24)19-9-15(6-7-20(19)27)23(34)33-18-3-1-4-18/h2,5-9,12-13,17-18H,1,3-4,10-11,14H2,(H,33,34)(H,30,31,32). The Morgan fingerprint density at radius 1 is 1.06 bits per heavy atom. The van der Waals surface area contributed by atoms with Crippen molar-refractivity contribution in [2.75, 3.05) is 11.9 Å².